The fraction of sp³-hybridized carbons (Fsp3) is 0.118. The van der Waals surface area contributed by atoms with Crippen molar-refractivity contribution in [2.75, 3.05) is 11.1 Å². The number of rotatable bonds is 3. The van der Waals surface area contributed by atoms with Gasteiger partial charge in [0.2, 0.25) is 11.9 Å². The number of nitrogens with two attached hydrogens (primary N) is 1. The molecule has 6 nitrogen and oxygen atoms in total. The highest BCUT2D eigenvalue weighted by molar-refractivity contribution is 5.96. The highest BCUT2D eigenvalue weighted by atomic mass is 16.2. The van der Waals surface area contributed by atoms with Crippen LogP contribution in [0.15, 0.2) is 48.5 Å². The second-order valence-corrected chi connectivity index (χ2v) is 5.37. The second-order valence-electron chi connectivity index (χ2n) is 5.37. The second kappa shape index (κ2) is 5.92. The highest BCUT2D eigenvalue weighted by Crippen LogP contribution is 2.16. The Bertz CT molecular complexity index is 834. The Morgan fingerprint density at radius 3 is 2.17 bits per heavy atom. The van der Waals surface area contributed by atoms with E-state index in [-0.39, 0.29) is 17.8 Å². The van der Waals surface area contributed by atoms with Gasteiger partial charge in [-0.3, -0.25) is 4.79 Å². The highest BCUT2D eigenvalue weighted by Gasteiger charge is 2.15. The lowest BCUT2D eigenvalue weighted by Crippen LogP contribution is -2.16. The summed E-state index contributed by atoms with van der Waals surface area (Å²) in [7, 11) is 0. The van der Waals surface area contributed by atoms with Crippen LogP contribution in [0.4, 0.5) is 17.6 Å². The largest absolute Gasteiger partial charge is 0.368 e. The number of aromatic nitrogens is 3. The maximum Gasteiger partial charge on any atom is 0.281 e. The van der Waals surface area contributed by atoms with E-state index in [1.807, 2.05) is 50.2 Å². The number of nitrogens with zero attached hydrogens (tertiary/aromatic N) is 3. The zero-order valence-electron chi connectivity index (χ0n) is 12.9. The van der Waals surface area contributed by atoms with Gasteiger partial charge in [-0.15, -0.1) is 5.10 Å². The van der Waals surface area contributed by atoms with Crippen molar-refractivity contribution in [2.45, 2.75) is 13.8 Å². The molecule has 3 rings (SSSR count). The molecule has 0 radical (unpaired) electrons. The molecule has 0 saturated carbocycles. The van der Waals surface area contributed by atoms with Gasteiger partial charge in [-0.2, -0.15) is 9.67 Å². The minimum absolute atomic E-state index is 0.0465. The van der Waals surface area contributed by atoms with Gasteiger partial charge in [0.05, 0.1) is 0 Å². The molecule has 0 saturated heterocycles. The zero-order chi connectivity index (χ0) is 16.4. The van der Waals surface area contributed by atoms with Gasteiger partial charge in [0.15, 0.2) is 0 Å². The Hall–Kier alpha value is -3.15. The molecule has 0 bridgehead atoms. The lowest BCUT2D eigenvalue weighted by atomic mass is 10.1. The Balaban J connectivity index is 1.84. The maximum absolute atomic E-state index is 12.4. The van der Waals surface area contributed by atoms with E-state index in [0.29, 0.717) is 5.56 Å². The fourth-order valence-corrected chi connectivity index (χ4v) is 2.11. The fourth-order valence-electron chi connectivity index (χ4n) is 2.11. The molecule has 0 fully saturated rings. The summed E-state index contributed by atoms with van der Waals surface area (Å²) in [6.07, 6.45) is 0. The number of aryl methyl sites for hydroxylation is 2. The number of carbonyl (C=O) groups is 1. The van der Waals surface area contributed by atoms with E-state index in [0.717, 1.165) is 21.5 Å². The Kier molecular flexibility index (Phi) is 3.80. The molecular formula is C17H17N5O. The van der Waals surface area contributed by atoms with E-state index in [9.17, 15) is 4.79 Å². The minimum atomic E-state index is -0.313. The van der Waals surface area contributed by atoms with Crippen molar-refractivity contribution < 1.29 is 4.79 Å². The third-order valence-corrected chi connectivity index (χ3v) is 3.43. The monoisotopic (exact) mass is 307 g/mol. The topological polar surface area (TPSA) is 85.8 Å². The molecule has 1 heterocycles. The van der Waals surface area contributed by atoms with Gasteiger partial charge < -0.3 is 11.1 Å². The van der Waals surface area contributed by atoms with Crippen molar-refractivity contribution in [3.05, 3.63) is 65.2 Å². The van der Waals surface area contributed by atoms with Crippen molar-refractivity contribution in [3.63, 3.8) is 0 Å². The molecule has 23 heavy (non-hydrogen) atoms. The molecular weight excluding hydrogens is 290 g/mol. The quantitative estimate of drug-likeness (QED) is 0.777. The van der Waals surface area contributed by atoms with E-state index >= 15 is 0 Å². The zero-order valence-corrected chi connectivity index (χ0v) is 12.9. The van der Waals surface area contributed by atoms with Crippen molar-refractivity contribution in [2.24, 2.45) is 0 Å². The smallest absolute Gasteiger partial charge is 0.281 e. The predicted molar refractivity (Wildman–Crippen MR) is 89.8 cm³/mol. The van der Waals surface area contributed by atoms with Crippen LogP contribution >= 0.6 is 0 Å². The van der Waals surface area contributed by atoms with Crippen LogP contribution in [-0.2, 0) is 0 Å². The predicted octanol–water partition coefficient (Wildman–Crippen LogP) is 2.91. The summed E-state index contributed by atoms with van der Waals surface area (Å²) in [4.78, 5) is 16.5. The van der Waals surface area contributed by atoms with E-state index < -0.39 is 0 Å². The molecule has 116 valence electrons. The molecule has 0 amide bonds. The molecule has 0 unspecified atom stereocenters. The molecule has 0 atom stereocenters. The van der Waals surface area contributed by atoms with Gasteiger partial charge in [-0.05, 0) is 38.1 Å². The molecule has 0 spiro atoms. The SMILES string of the molecule is Cc1ccc(Nc2nc(N)n(C(=O)c3ccc(C)cc3)n2)cc1. The van der Waals surface area contributed by atoms with Gasteiger partial charge in [0.1, 0.15) is 0 Å². The molecule has 0 aliphatic heterocycles. The molecule has 0 aliphatic rings. The van der Waals surface area contributed by atoms with Gasteiger partial charge in [-0.25, -0.2) is 0 Å². The van der Waals surface area contributed by atoms with Crippen LogP contribution in [0.1, 0.15) is 21.5 Å². The lowest BCUT2D eigenvalue weighted by Gasteiger charge is -2.02. The Morgan fingerprint density at radius 1 is 1.00 bits per heavy atom. The third-order valence-electron chi connectivity index (χ3n) is 3.43. The molecule has 3 N–H and O–H groups in total. The normalized spacial score (nSPS) is 10.5. The first kappa shape index (κ1) is 14.8. The summed E-state index contributed by atoms with van der Waals surface area (Å²) < 4.78 is 1.10. The van der Waals surface area contributed by atoms with Crippen molar-refractivity contribution in [1.29, 1.82) is 0 Å². The van der Waals surface area contributed by atoms with E-state index in [2.05, 4.69) is 15.4 Å². The van der Waals surface area contributed by atoms with E-state index in [1.54, 1.807) is 12.1 Å². The molecule has 3 aromatic rings. The van der Waals surface area contributed by atoms with E-state index in [1.165, 1.54) is 0 Å². The van der Waals surface area contributed by atoms with Crippen LogP contribution in [0.3, 0.4) is 0 Å². The Labute approximate surface area is 134 Å². The van der Waals surface area contributed by atoms with E-state index in [4.69, 9.17) is 5.73 Å². The van der Waals surface area contributed by atoms with Crippen LogP contribution in [0.5, 0.6) is 0 Å². The lowest BCUT2D eigenvalue weighted by molar-refractivity contribution is 0.0948. The van der Waals surface area contributed by atoms with Crippen LogP contribution in [0, 0.1) is 13.8 Å². The first-order valence-corrected chi connectivity index (χ1v) is 7.20. The van der Waals surface area contributed by atoms with Crippen molar-refractivity contribution >= 4 is 23.5 Å². The minimum Gasteiger partial charge on any atom is -0.368 e. The number of nitrogens with one attached hydrogen (secondary N) is 1. The van der Waals surface area contributed by atoms with Crippen molar-refractivity contribution in [3.8, 4) is 0 Å². The molecule has 2 aromatic carbocycles. The first-order valence-electron chi connectivity index (χ1n) is 7.20. The molecule has 0 aliphatic carbocycles. The van der Waals surface area contributed by atoms with Gasteiger partial charge in [0.25, 0.3) is 5.91 Å². The number of benzene rings is 2. The van der Waals surface area contributed by atoms with Gasteiger partial charge in [-0.1, -0.05) is 35.4 Å². The third kappa shape index (κ3) is 3.21. The van der Waals surface area contributed by atoms with Gasteiger partial charge in [0, 0.05) is 11.3 Å². The van der Waals surface area contributed by atoms with Crippen molar-refractivity contribution in [1.82, 2.24) is 14.8 Å². The summed E-state index contributed by atoms with van der Waals surface area (Å²) in [5.41, 5.74) is 9.39. The standard InChI is InChI=1S/C17H17N5O/c1-11-3-7-13(8-4-11)15(23)22-16(18)20-17(21-22)19-14-9-5-12(2)6-10-14/h3-10H,1-2H3,(H3,18,19,20,21). The number of hydrogen-bond donors (Lipinski definition) is 2. The maximum atomic E-state index is 12.4. The number of carbonyl (C=O) groups excluding carboxylic acids is 1. The van der Waals surface area contributed by atoms with Crippen LogP contribution in [0.2, 0.25) is 0 Å². The number of nitrogen functional groups attached to an aromatic ring is 1. The summed E-state index contributed by atoms with van der Waals surface area (Å²) >= 11 is 0. The van der Waals surface area contributed by atoms with Crippen LogP contribution in [-0.4, -0.2) is 20.7 Å². The van der Waals surface area contributed by atoms with Gasteiger partial charge >= 0.3 is 0 Å². The summed E-state index contributed by atoms with van der Waals surface area (Å²) in [6, 6.07) is 15.0. The molecule has 6 heteroatoms. The van der Waals surface area contributed by atoms with Crippen LogP contribution in [0.25, 0.3) is 0 Å². The summed E-state index contributed by atoms with van der Waals surface area (Å²) in [6.45, 7) is 3.97. The Morgan fingerprint density at radius 2 is 1.57 bits per heavy atom. The first-order chi connectivity index (χ1) is 11.0. The average Bonchev–Trinajstić information content (AvgIpc) is 2.90. The summed E-state index contributed by atoms with van der Waals surface area (Å²) in [5.74, 6) is 0.0176. The summed E-state index contributed by atoms with van der Waals surface area (Å²) in [5, 5.41) is 7.18. The van der Waals surface area contributed by atoms with Crippen LogP contribution < -0.4 is 11.1 Å². The number of anilines is 3. The molecule has 1 aromatic heterocycles. The average molecular weight is 307 g/mol. The number of hydrogen-bond acceptors (Lipinski definition) is 5.